The lowest BCUT2D eigenvalue weighted by Crippen LogP contribution is -2.30. The van der Waals surface area contributed by atoms with Crippen molar-refractivity contribution in [2.45, 2.75) is 309 Å². The highest BCUT2D eigenvalue weighted by Crippen LogP contribution is 2.16. The summed E-state index contributed by atoms with van der Waals surface area (Å²) in [4.78, 5) is 38.3. The van der Waals surface area contributed by atoms with Crippen LogP contribution in [0.25, 0.3) is 0 Å². The Labute approximate surface area is 452 Å². The van der Waals surface area contributed by atoms with Crippen LogP contribution in [0.5, 0.6) is 0 Å². The SMILES string of the molecule is CC/C=C\C/C=C\C/C=C\C/C=C\C/C=C\CCCCCCCCCC(=O)OCC(COC(=O)CCCCCCCCCCCCCCCCC)OC(=O)CCCCCCCCC/C=C\C/C=C\CCCCC. The van der Waals surface area contributed by atoms with E-state index in [2.05, 4.69) is 106 Å². The molecule has 0 spiro atoms. The van der Waals surface area contributed by atoms with Crippen molar-refractivity contribution in [1.82, 2.24) is 0 Å². The van der Waals surface area contributed by atoms with Gasteiger partial charge in [-0.1, -0.05) is 273 Å². The minimum Gasteiger partial charge on any atom is -0.462 e. The van der Waals surface area contributed by atoms with Crippen molar-refractivity contribution in [2.75, 3.05) is 13.2 Å². The Kier molecular flexibility index (Phi) is 58.3. The molecule has 0 aliphatic carbocycles. The molecule has 6 heteroatoms. The standard InChI is InChI=1S/C67H116O6/c1-4-7-10-13-16-19-22-25-28-30-31-32-33-34-35-37-39-42-45-48-51-54-57-60-66(69)72-63-64(62-71-65(68)59-56-53-50-47-44-41-38-27-24-21-18-15-12-9-6-3)73-67(70)61-58-55-52-49-46-43-40-36-29-26-23-20-17-14-11-8-5-2/h7,10,16-17,19-20,25-26,28-29,31-32,34-35,64H,4-6,8-9,11-15,18,21-24,27,30,33,36-63H2,1-3H3/b10-7-,19-16-,20-17-,28-25-,29-26-,32-31-,35-34-. The van der Waals surface area contributed by atoms with Gasteiger partial charge in [-0.25, -0.2) is 0 Å². The second-order valence-electron chi connectivity index (χ2n) is 20.6. The van der Waals surface area contributed by atoms with Crippen LogP contribution >= 0.6 is 0 Å². The third-order valence-electron chi connectivity index (χ3n) is 13.4. The summed E-state index contributed by atoms with van der Waals surface area (Å²) in [6.45, 7) is 6.52. The highest BCUT2D eigenvalue weighted by atomic mass is 16.6. The maximum atomic E-state index is 12.9. The lowest BCUT2D eigenvalue weighted by atomic mass is 10.0. The van der Waals surface area contributed by atoms with Gasteiger partial charge in [-0.2, -0.15) is 0 Å². The summed E-state index contributed by atoms with van der Waals surface area (Å²) < 4.78 is 16.9. The maximum absolute atomic E-state index is 12.9. The van der Waals surface area contributed by atoms with Crippen molar-refractivity contribution >= 4 is 17.9 Å². The zero-order chi connectivity index (χ0) is 52.9. The lowest BCUT2D eigenvalue weighted by Gasteiger charge is -2.18. The van der Waals surface area contributed by atoms with E-state index in [1.54, 1.807) is 0 Å². The molecule has 0 rings (SSSR count). The number of carbonyl (C=O) groups excluding carboxylic acids is 3. The van der Waals surface area contributed by atoms with Gasteiger partial charge in [0, 0.05) is 19.3 Å². The summed E-state index contributed by atoms with van der Waals surface area (Å²) in [5.41, 5.74) is 0. The molecule has 0 saturated carbocycles. The third kappa shape index (κ3) is 59.3. The molecule has 0 aliphatic heterocycles. The van der Waals surface area contributed by atoms with Gasteiger partial charge in [-0.3, -0.25) is 14.4 Å². The summed E-state index contributed by atoms with van der Waals surface area (Å²) in [5.74, 6) is -0.888. The van der Waals surface area contributed by atoms with Crippen molar-refractivity contribution in [3.63, 3.8) is 0 Å². The van der Waals surface area contributed by atoms with E-state index in [9.17, 15) is 14.4 Å². The minimum absolute atomic E-state index is 0.0807. The molecular formula is C67H116O6. The van der Waals surface area contributed by atoms with Gasteiger partial charge < -0.3 is 14.2 Å². The molecule has 0 amide bonds. The van der Waals surface area contributed by atoms with Gasteiger partial charge in [0.2, 0.25) is 0 Å². The van der Waals surface area contributed by atoms with Crippen molar-refractivity contribution < 1.29 is 28.6 Å². The molecule has 0 aromatic heterocycles. The first-order chi connectivity index (χ1) is 36.0. The monoisotopic (exact) mass is 1020 g/mol. The predicted molar refractivity (Wildman–Crippen MR) is 316 cm³/mol. The van der Waals surface area contributed by atoms with Gasteiger partial charge in [0.15, 0.2) is 6.10 Å². The smallest absolute Gasteiger partial charge is 0.306 e. The van der Waals surface area contributed by atoms with Crippen LogP contribution in [0.3, 0.4) is 0 Å². The largest absolute Gasteiger partial charge is 0.462 e. The van der Waals surface area contributed by atoms with Crippen LogP contribution in [-0.2, 0) is 28.6 Å². The molecule has 0 bridgehead atoms. The van der Waals surface area contributed by atoms with E-state index in [0.29, 0.717) is 19.3 Å². The van der Waals surface area contributed by atoms with E-state index in [-0.39, 0.29) is 31.1 Å². The molecule has 420 valence electrons. The van der Waals surface area contributed by atoms with Gasteiger partial charge in [0.1, 0.15) is 13.2 Å². The first kappa shape index (κ1) is 69.6. The number of carbonyl (C=O) groups is 3. The fourth-order valence-corrected chi connectivity index (χ4v) is 8.74. The van der Waals surface area contributed by atoms with E-state index in [0.717, 1.165) is 109 Å². The van der Waals surface area contributed by atoms with Crippen LogP contribution in [0.15, 0.2) is 85.1 Å². The second kappa shape index (κ2) is 61.1. The van der Waals surface area contributed by atoms with Crippen molar-refractivity contribution in [2.24, 2.45) is 0 Å². The number of ether oxygens (including phenoxy) is 3. The van der Waals surface area contributed by atoms with Crippen LogP contribution in [0, 0.1) is 0 Å². The molecule has 1 unspecified atom stereocenters. The molecule has 0 radical (unpaired) electrons. The number of hydrogen-bond donors (Lipinski definition) is 0. The zero-order valence-corrected chi connectivity index (χ0v) is 48.1. The quantitative estimate of drug-likeness (QED) is 0.0261. The fourth-order valence-electron chi connectivity index (χ4n) is 8.74. The maximum Gasteiger partial charge on any atom is 0.306 e. The van der Waals surface area contributed by atoms with E-state index in [1.165, 1.54) is 154 Å². The van der Waals surface area contributed by atoms with Crippen LogP contribution in [0.4, 0.5) is 0 Å². The average Bonchev–Trinajstić information content (AvgIpc) is 3.39. The zero-order valence-electron chi connectivity index (χ0n) is 48.1. The summed E-state index contributed by atoms with van der Waals surface area (Å²) >= 11 is 0. The molecule has 0 saturated heterocycles. The molecule has 0 aliphatic rings. The summed E-state index contributed by atoms with van der Waals surface area (Å²) in [6, 6.07) is 0. The molecule has 0 heterocycles. The molecule has 6 nitrogen and oxygen atoms in total. The highest BCUT2D eigenvalue weighted by molar-refractivity contribution is 5.71. The van der Waals surface area contributed by atoms with E-state index >= 15 is 0 Å². The van der Waals surface area contributed by atoms with Crippen molar-refractivity contribution in [3.8, 4) is 0 Å². The van der Waals surface area contributed by atoms with Crippen molar-refractivity contribution in [3.05, 3.63) is 85.1 Å². The second-order valence-corrected chi connectivity index (χ2v) is 20.6. The highest BCUT2D eigenvalue weighted by Gasteiger charge is 2.19. The minimum atomic E-state index is -0.785. The number of unbranched alkanes of at least 4 members (excludes halogenated alkanes) is 31. The van der Waals surface area contributed by atoms with Gasteiger partial charge in [0.25, 0.3) is 0 Å². The molecule has 0 aromatic carbocycles. The Bertz CT molecular complexity index is 1400. The molecule has 0 N–H and O–H groups in total. The third-order valence-corrected chi connectivity index (χ3v) is 13.4. The summed E-state index contributed by atoms with van der Waals surface area (Å²) in [5, 5.41) is 0. The Morgan fingerprint density at radius 2 is 0.534 bits per heavy atom. The van der Waals surface area contributed by atoms with Crippen LogP contribution in [0.2, 0.25) is 0 Å². The number of esters is 3. The van der Waals surface area contributed by atoms with E-state index in [4.69, 9.17) is 14.2 Å². The Hall–Kier alpha value is -3.41. The molecule has 73 heavy (non-hydrogen) atoms. The molecule has 0 aromatic rings. The first-order valence-electron chi connectivity index (χ1n) is 31.1. The van der Waals surface area contributed by atoms with Crippen LogP contribution in [-0.4, -0.2) is 37.2 Å². The van der Waals surface area contributed by atoms with Crippen molar-refractivity contribution in [1.29, 1.82) is 0 Å². The Balaban J connectivity index is 4.38. The number of allylic oxidation sites excluding steroid dienone is 14. The molecule has 0 fully saturated rings. The van der Waals surface area contributed by atoms with E-state index in [1.807, 2.05) is 0 Å². The lowest BCUT2D eigenvalue weighted by molar-refractivity contribution is -0.167. The Morgan fingerprint density at radius 1 is 0.288 bits per heavy atom. The Morgan fingerprint density at radius 3 is 0.863 bits per heavy atom. The van der Waals surface area contributed by atoms with Gasteiger partial charge in [-0.15, -0.1) is 0 Å². The van der Waals surface area contributed by atoms with Gasteiger partial charge in [0.05, 0.1) is 0 Å². The van der Waals surface area contributed by atoms with Gasteiger partial charge in [-0.05, 0) is 96.3 Å². The number of hydrogen-bond acceptors (Lipinski definition) is 6. The molecular weight excluding hydrogens is 901 g/mol. The number of rotatable bonds is 56. The normalized spacial score (nSPS) is 12.6. The summed E-state index contributed by atoms with van der Waals surface area (Å²) in [7, 11) is 0. The van der Waals surface area contributed by atoms with Crippen LogP contribution in [0.1, 0.15) is 303 Å². The predicted octanol–water partition coefficient (Wildman–Crippen LogP) is 21.1. The van der Waals surface area contributed by atoms with E-state index < -0.39 is 6.10 Å². The topological polar surface area (TPSA) is 78.9 Å². The first-order valence-corrected chi connectivity index (χ1v) is 31.1. The van der Waals surface area contributed by atoms with Crippen LogP contribution < -0.4 is 0 Å². The molecule has 1 atom stereocenters. The average molecular weight is 1020 g/mol. The fraction of sp³-hybridized carbons (Fsp3) is 0.746. The van der Waals surface area contributed by atoms with Gasteiger partial charge >= 0.3 is 17.9 Å². The summed E-state index contributed by atoms with van der Waals surface area (Å²) in [6.07, 6.45) is 80.0.